The van der Waals surface area contributed by atoms with Gasteiger partial charge in [0.15, 0.2) is 0 Å². The van der Waals surface area contributed by atoms with E-state index < -0.39 is 12.2 Å². The van der Waals surface area contributed by atoms with Gasteiger partial charge >= 0.3 is 0 Å². The second kappa shape index (κ2) is 12.6. The maximum absolute atomic E-state index is 10.6. The molecule has 0 aromatic heterocycles. The van der Waals surface area contributed by atoms with Crippen molar-refractivity contribution in [3.05, 3.63) is 72.8 Å². The summed E-state index contributed by atoms with van der Waals surface area (Å²) in [6, 6.07) is 20.8. The molecule has 2 atom stereocenters. The average molecular weight is 470 g/mol. The second-order valence-electron chi connectivity index (χ2n) is 7.71. The number of phenols is 1. The number of aliphatic hydroxyl groups excluding tert-OH is 2. The first-order chi connectivity index (χ1) is 16.5. The quantitative estimate of drug-likeness (QED) is 0.351. The fourth-order valence-corrected chi connectivity index (χ4v) is 3.32. The van der Waals surface area contributed by atoms with Crippen LogP contribution in [0.5, 0.6) is 28.7 Å². The van der Waals surface area contributed by atoms with Gasteiger partial charge in [0.1, 0.15) is 54.2 Å². The van der Waals surface area contributed by atoms with Crippen molar-refractivity contribution >= 4 is 5.69 Å². The van der Waals surface area contributed by atoms with Gasteiger partial charge in [-0.3, -0.25) is 0 Å². The number of aromatic hydroxyl groups is 1. The van der Waals surface area contributed by atoms with Crippen molar-refractivity contribution in [3.63, 3.8) is 0 Å². The minimum absolute atomic E-state index is 0.0556. The number of ether oxygens (including phenoxy) is 4. The SMILES string of the molecule is COc1ccc(OC[C@@H](O)CN(C[C@@H](O)COc2ccc(OC)cc2)c2cccc(O)c2)cc1. The Morgan fingerprint density at radius 2 is 1.12 bits per heavy atom. The highest BCUT2D eigenvalue weighted by Gasteiger charge is 2.18. The molecule has 0 bridgehead atoms. The van der Waals surface area contributed by atoms with E-state index in [1.807, 2.05) is 0 Å². The van der Waals surface area contributed by atoms with E-state index in [1.165, 1.54) is 0 Å². The Kier molecular flexibility index (Phi) is 9.25. The molecule has 0 aliphatic carbocycles. The van der Waals surface area contributed by atoms with E-state index in [2.05, 4.69) is 0 Å². The molecule has 0 spiro atoms. The lowest BCUT2D eigenvalue weighted by Gasteiger charge is -2.29. The zero-order valence-electron chi connectivity index (χ0n) is 19.3. The van der Waals surface area contributed by atoms with E-state index in [1.54, 1.807) is 91.9 Å². The molecule has 0 fully saturated rings. The third kappa shape index (κ3) is 7.75. The summed E-state index contributed by atoms with van der Waals surface area (Å²) in [5.74, 6) is 2.74. The molecule has 0 unspecified atom stereocenters. The molecule has 3 aromatic carbocycles. The van der Waals surface area contributed by atoms with Crippen LogP contribution >= 0.6 is 0 Å². The lowest BCUT2D eigenvalue weighted by molar-refractivity contribution is 0.0954. The molecule has 182 valence electrons. The number of benzene rings is 3. The maximum Gasteiger partial charge on any atom is 0.119 e. The van der Waals surface area contributed by atoms with Gasteiger partial charge in [-0.25, -0.2) is 0 Å². The van der Waals surface area contributed by atoms with Crippen molar-refractivity contribution < 1.29 is 34.3 Å². The smallest absolute Gasteiger partial charge is 0.119 e. The molecule has 3 N–H and O–H groups in total. The van der Waals surface area contributed by atoms with E-state index in [-0.39, 0.29) is 32.1 Å². The fraction of sp³-hybridized carbons (Fsp3) is 0.308. The first-order valence-corrected chi connectivity index (χ1v) is 10.9. The molecule has 0 heterocycles. The van der Waals surface area contributed by atoms with Gasteiger partial charge < -0.3 is 39.2 Å². The van der Waals surface area contributed by atoms with Crippen molar-refractivity contribution in [2.75, 3.05) is 45.4 Å². The van der Waals surface area contributed by atoms with Crippen LogP contribution in [-0.4, -0.2) is 68.1 Å². The van der Waals surface area contributed by atoms with Crippen molar-refractivity contribution in [2.45, 2.75) is 12.2 Å². The van der Waals surface area contributed by atoms with Gasteiger partial charge in [0.05, 0.1) is 14.2 Å². The van der Waals surface area contributed by atoms with Gasteiger partial charge in [-0.15, -0.1) is 0 Å². The number of rotatable bonds is 13. The molecule has 3 aromatic rings. The van der Waals surface area contributed by atoms with Crippen molar-refractivity contribution in [1.82, 2.24) is 0 Å². The monoisotopic (exact) mass is 469 g/mol. The highest BCUT2D eigenvalue weighted by atomic mass is 16.5. The summed E-state index contributed by atoms with van der Waals surface area (Å²) in [5, 5.41) is 31.1. The second-order valence-corrected chi connectivity index (χ2v) is 7.71. The number of phenolic OH excluding ortho intramolecular Hbond substituents is 1. The van der Waals surface area contributed by atoms with Crippen LogP contribution in [0.25, 0.3) is 0 Å². The minimum atomic E-state index is -0.848. The summed E-state index contributed by atoms with van der Waals surface area (Å²) in [7, 11) is 3.18. The summed E-state index contributed by atoms with van der Waals surface area (Å²) in [6.07, 6.45) is -1.70. The predicted molar refractivity (Wildman–Crippen MR) is 129 cm³/mol. The average Bonchev–Trinajstić information content (AvgIpc) is 2.86. The Hall–Kier alpha value is -3.62. The summed E-state index contributed by atoms with van der Waals surface area (Å²) >= 11 is 0. The minimum Gasteiger partial charge on any atom is -0.508 e. The van der Waals surface area contributed by atoms with Crippen LogP contribution in [0.2, 0.25) is 0 Å². The standard InChI is InChI=1S/C26H31NO7/c1-31-23-6-10-25(11-7-23)33-17-21(29)15-27(19-4-3-5-20(28)14-19)16-22(30)18-34-26-12-8-24(32-2)9-13-26/h3-14,21-22,28-30H,15-18H2,1-2H3/t21-,22+. The van der Waals surface area contributed by atoms with Gasteiger partial charge in [-0.05, 0) is 60.7 Å². The Morgan fingerprint density at radius 1 is 0.676 bits per heavy atom. The molecule has 0 aliphatic rings. The molecule has 0 amide bonds. The Balaban J connectivity index is 1.58. The van der Waals surface area contributed by atoms with Crippen LogP contribution in [-0.2, 0) is 0 Å². The largest absolute Gasteiger partial charge is 0.508 e. The van der Waals surface area contributed by atoms with Gasteiger partial charge in [0.25, 0.3) is 0 Å². The van der Waals surface area contributed by atoms with Gasteiger partial charge in [-0.2, -0.15) is 0 Å². The first kappa shape index (κ1) is 25.0. The number of anilines is 1. The Labute approximate surface area is 199 Å². The number of aliphatic hydroxyl groups is 2. The molecule has 3 rings (SSSR count). The Morgan fingerprint density at radius 3 is 1.53 bits per heavy atom. The van der Waals surface area contributed by atoms with Gasteiger partial charge in [0, 0.05) is 24.8 Å². The molecule has 0 saturated heterocycles. The molecule has 8 nitrogen and oxygen atoms in total. The third-order valence-corrected chi connectivity index (χ3v) is 5.06. The molecule has 8 heteroatoms. The third-order valence-electron chi connectivity index (χ3n) is 5.06. The first-order valence-electron chi connectivity index (χ1n) is 10.9. The topological polar surface area (TPSA) is 101 Å². The Bertz CT molecular complexity index is 935. The molecule has 0 radical (unpaired) electrons. The summed E-state index contributed by atoms with van der Waals surface area (Å²) in [4.78, 5) is 1.78. The van der Waals surface area contributed by atoms with E-state index in [4.69, 9.17) is 18.9 Å². The number of methoxy groups -OCH3 is 2. The number of hydrogen-bond donors (Lipinski definition) is 3. The summed E-state index contributed by atoms with van der Waals surface area (Å²) in [6.45, 7) is 0.471. The molecule has 0 aliphatic heterocycles. The van der Waals surface area contributed by atoms with Crippen molar-refractivity contribution in [1.29, 1.82) is 0 Å². The van der Waals surface area contributed by atoms with E-state index >= 15 is 0 Å². The van der Waals surface area contributed by atoms with Crippen LogP contribution < -0.4 is 23.8 Å². The lowest BCUT2D eigenvalue weighted by Crippen LogP contribution is -2.41. The van der Waals surface area contributed by atoms with Gasteiger partial charge in [0.2, 0.25) is 0 Å². The van der Waals surface area contributed by atoms with Crippen LogP contribution in [0.3, 0.4) is 0 Å². The lowest BCUT2D eigenvalue weighted by atomic mass is 10.2. The summed E-state index contributed by atoms with van der Waals surface area (Å²) in [5.41, 5.74) is 0.659. The molecule has 0 saturated carbocycles. The van der Waals surface area contributed by atoms with Crippen LogP contribution in [0.1, 0.15) is 0 Å². The van der Waals surface area contributed by atoms with Crippen molar-refractivity contribution in [3.8, 4) is 28.7 Å². The van der Waals surface area contributed by atoms with Crippen LogP contribution in [0.15, 0.2) is 72.8 Å². The van der Waals surface area contributed by atoms with Crippen molar-refractivity contribution in [2.24, 2.45) is 0 Å². The maximum atomic E-state index is 10.6. The van der Waals surface area contributed by atoms with Crippen LogP contribution in [0.4, 0.5) is 5.69 Å². The normalized spacial score (nSPS) is 12.5. The molecular weight excluding hydrogens is 438 g/mol. The predicted octanol–water partition coefficient (Wildman–Crippen LogP) is 3.10. The number of hydrogen-bond acceptors (Lipinski definition) is 8. The molecular formula is C26H31NO7. The number of nitrogens with zero attached hydrogens (tertiary/aromatic N) is 1. The fourth-order valence-electron chi connectivity index (χ4n) is 3.32. The van der Waals surface area contributed by atoms with Crippen LogP contribution in [0, 0.1) is 0 Å². The van der Waals surface area contributed by atoms with Gasteiger partial charge in [-0.1, -0.05) is 6.07 Å². The zero-order valence-corrected chi connectivity index (χ0v) is 19.3. The van der Waals surface area contributed by atoms with E-state index in [0.29, 0.717) is 28.7 Å². The zero-order chi connectivity index (χ0) is 24.3. The summed E-state index contributed by atoms with van der Waals surface area (Å²) < 4.78 is 21.6. The highest BCUT2D eigenvalue weighted by molar-refractivity contribution is 5.50. The van der Waals surface area contributed by atoms with E-state index in [0.717, 1.165) is 0 Å². The molecule has 34 heavy (non-hydrogen) atoms. The highest BCUT2D eigenvalue weighted by Crippen LogP contribution is 2.22. The van der Waals surface area contributed by atoms with E-state index in [9.17, 15) is 15.3 Å².